The van der Waals surface area contributed by atoms with Crippen LogP contribution in [0.1, 0.15) is 298 Å². The fraction of sp³-hybridized carbons (Fsp3) is 0.750. The third-order valence-electron chi connectivity index (χ3n) is 9.71. The quantitative estimate of drug-likeness (QED) is 0.214. The highest BCUT2D eigenvalue weighted by Gasteiger charge is 2.28. The molecule has 0 aromatic heterocycles. The first-order valence-corrected chi connectivity index (χ1v) is 29.7. The zero-order valence-corrected chi connectivity index (χ0v) is 57.6. The molecule has 0 aliphatic carbocycles. The summed E-state index contributed by atoms with van der Waals surface area (Å²) in [5.74, 6) is 3.34. The highest BCUT2D eigenvalue weighted by Crippen LogP contribution is 2.40. The topological polar surface area (TPSA) is 27.7 Å². The first-order valence-electron chi connectivity index (χ1n) is 29.7. The average Bonchev–Trinajstić information content (AvgIpc) is 3.09. The van der Waals surface area contributed by atoms with E-state index in [0.29, 0.717) is 0 Å². The maximum absolute atomic E-state index is 6.41. The van der Waals surface area contributed by atoms with Gasteiger partial charge in [-0.15, -0.1) is 0 Å². The summed E-state index contributed by atoms with van der Waals surface area (Å²) in [4.78, 5) is 0. The summed E-state index contributed by atoms with van der Waals surface area (Å²) in [6, 6.07) is 13.8. The Morgan fingerprint density at radius 1 is 0.240 bits per heavy atom. The van der Waals surface area contributed by atoms with E-state index < -0.39 is 0 Å². The van der Waals surface area contributed by atoms with Crippen LogP contribution in [0, 0.1) is 53.3 Å². The molecule has 0 fully saturated rings. The Balaban J connectivity index is -0.000000957. The molecular formula is C72H132O3. The van der Waals surface area contributed by atoms with Gasteiger partial charge >= 0.3 is 0 Å². The molecule has 75 heavy (non-hydrogen) atoms. The van der Waals surface area contributed by atoms with Crippen molar-refractivity contribution in [1.29, 1.82) is 0 Å². The van der Waals surface area contributed by atoms with Crippen molar-refractivity contribution in [2.75, 3.05) is 0 Å². The van der Waals surface area contributed by atoms with E-state index in [1.807, 2.05) is 0 Å². The van der Waals surface area contributed by atoms with Gasteiger partial charge < -0.3 is 14.2 Å². The highest BCUT2D eigenvalue weighted by molar-refractivity contribution is 5.48. The van der Waals surface area contributed by atoms with Crippen molar-refractivity contribution in [3.8, 4) is 17.2 Å². The summed E-state index contributed by atoms with van der Waals surface area (Å²) in [7, 11) is 0. The molecule has 0 bridgehead atoms. The van der Waals surface area contributed by atoms with Gasteiger partial charge in [-0.3, -0.25) is 0 Å². The van der Waals surface area contributed by atoms with Crippen LogP contribution in [0.2, 0.25) is 0 Å². The summed E-state index contributed by atoms with van der Waals surface area (Å²) in [6.45, 7) is 79.8. The minimum atomic E-state index is -0.172. The van der Waals surface area contributed by atoms with Gasteiger partial charge in [-0.25, -0.2) is 0 Å². The molecule has 0 aliphatic heterocycles. The smallest absolute Gasteiger partial charge is 0.126 e. The summed E-state index contributed by atoms with van der Waals surface area (Å²) in [5, 5.41) is 0. The van der Waals surface area contributed by atoms with Gasteiger partial charge in [-0.05, 0) is 187 Å². The summed E-state index contributed by atoms with van der Waals surface area (Å²) in [5.41, 5.74) is 13.1. The Bertz CT molecular complexity index is 1680. The van der Waals surface area contributed by atoms with Gasteiger partial charge in [0.25, 0.3) is 0 Å². The van der Waals surface area contributed by atoms with Crippen LogP contribution >= 0.6 is 0 Å². The molecule has 3 nitrogen and oxygen atoms in total. The molecule has 0 amide bonds. The zero-order chi connectivity index (χ0) is 60.2. The first kappa shape index (κ1) is 76.3. The minimum absolute atomic E-state index is 0.172. The third kappa shape index (κ3) is 41.8. The Hall–Kier alpha value is -2.94. The first-order chi connectivity index (χ1) is 33.2. The lowest BCUT2D eigenvalue weighted by Gasteiger charge is -2.30. The van der Waals surface area contributed by atoms with Crippen molar-refractivity contribution in [3.05, 3.63) is 86.5 Å². The summed E-state index contributed by atoms with van der Waals surface area (Å²) >= 11 is 0. The fourth-order valence-electron chi connectivity index (χ4n) is 8.31. The Labute approximate surface area is 472 Å². The highest BCUT2D eigenvalue weighted by atomic mass is 16.5. The standard InChI is InChI=1S/3C21H36O.3C3H8/c3*1-15-11-16(13-19(2,3)4)18(22-21(8,9)10)17(12-15)14-20(5,6)7;3*1-3-2/h3*11-12H,13-14H2,1-10H3;3*3H2,1-2H3. The van der Waals surface area contributed by atoms with Crippen LogP contribution in [-0.2, 0) is 38.5 Å². The molecule has 3 aromatic carbocycles. The van der Waals surface area contributed by atoms with E-state index in [-0.39, 0.29) is 49.3 Å². The van der Waals surface area contributed by atoms with Crippen molar-refractivity contribution in [2.45, 2.75) is 324 Å². The Morgan fingerprint density at radius 3 is 0.427 bits per heavy atom. The van der Waals surface area contributed by atoms with E-state index in [2.05, 4.69) is 286 Å². The number of hydrogen-bond donors (Lipinski definition) is 0. The number of benzene rings is 3. The monoisotopic (exact) mass is 1050 g/mol. The van der Waals surface area contributed by atoms with Gasteiger partial charge in [-0.1, -0.05) is 239 Å². The van der Waals surface area contributed by atoms with Crippen LogP contribution in [0.15, 0.2) is 36.4 Å². The van der Waals surface area contributed by atoms with Crippen LogP contribution in [-0.4, -0.2) is 16.8 Å². The molecule has 0 heterocycles. The second-order valence-electron chi connectivity index (χ2n) is 32.4. The predicted octanol–water partition coefficient (Wildman–Crippen LogP) is 23.3. The number of rotatable bonds is 9. The van der Waals surface area contributed by atoms with Gasteiger partial charge in [-0.2, -0.15) is 0 Å². The molecular weight excluding hydrogens is 913 g/mol. The fourth-order valence-corrected chi connectivity index (χ4v) is 8.31. The van der Waals surface area contributed by atoms with Gasteiger partial charge in [0.2, 0.25) is 0 Å². The van der Waals surface area contributed by atoms with Gasteiger partial charge in [0.05, 0.1) is 0 Å². The molecule has 3 rings (SSSR count). The lowest BCUT2D eigenvalue weighted by Crippen LogP contribution is -2.26. The predicted molar refractivity (Wildman–Crippen MR) is 342 cm³/mol. The SMILES string of the molecule is CCC.CCC.CCC.Cc1cc(CC(C)(C)C)c(OC(C)(C)C)c(CC(C)(C)C)c1.Cc1cc(CC(C)(C)C)c(OC(C)(C)C)c(CC(C)(C)C)c1.Cc1cc(CC(C)(C)C)c(OC(C)(C)C)c(CC(C)(C)C)c1. The number of ether oxygens (including phenoxy) is 3. The van der Waals surface area contributed by atoms with Crippen LogP contribution in [0.5, 0.6) is 17.2 Å². The molecule has 0 saturated heterocycles. The van der Waals surface area contributed by atoms with E-state index in [9.17, 15) is 0 Å². The summed E-state index contributed by atoms with van der Waals surface area (Å²) in [6.07, 6.45) is 9.98. The normalized spacial score (nSPS) is 12.5. The molecule has 0 saturated carbocycles. The van der Waals surface area contributed by atoms with Gasteiger partial charge in [0, 0.05) is 0 Å². The van der Waals surface area contributed by atoms with Gasteiger partial charge in [0.1, 0.15) is 34.1 Å². The van der Waals surface area contributed by atoms with E-state index in [0.717, 1.165) is 55.8 Å². The summed E-state index contributed by atoms with van der Waals surface area (Å²) < 4.78 is 19.2. The average molecular weight is 1050 g/mol. The van der Waals surface area contributed by atoms with Crippen LogP contribution in [0.4, 0.5) is 0 Å². The van der Waals surface area contributed by atoms with E-state index in [1.54, 1.807) is 0 Å². The van der Waals surface area contributed by atoms with Crippen molar-refractivity contribution < 1.29 is 14.2 Å². The van der Waals surface area contributed by atoms with E-state index in [4.69, 9.17) is 14.2 Å². The molecule has 0 unspecified atom stereocenters. The molecule has 0 N–H and O–H groups in total. The minimum Gasteiger partial charge on any atom is -0.488 e. The van der Waals surface area contributed by atoms with Crippen molar-refractivity contribution in [3.63, 3.8) is 0 Å². The second-order valence-corrected chi connectivity index (χ2v) is 32.4. The maximum atomic E-state index is 6.41. The molecule has 0 aliphatic rings. The maximum Gasteiger partial charge on any atom is 0.126 e. The van der Waals surface area contributed by atoms with E-state index in [1.165, 1.54) is 69.3 Å². The molecule has 0 spiro atoms. The van der Waals surface area contributed by atoms with Crippen molar-refractivity contribution in [2.24, 2.45) is 32.5 Å². The number of aryl methyl sites for hydroxylation is 3. The van der Waals surface area contributed by atoms with Crippen LogP contribution < -0.4 is 14.2 Å². The van der Waals surface area contributed by atoms with Crippen molar-refractivity contribution >= 4 is 0 Å². The zero-order valence-electron chi connectivity index (χ0n) is 57.6. The van der Waals surface area contributed by atoms with E-state index >= 15 is 0 Å². The lowest BCUT2D eigenvalue weighted by molar-refractivity contribution is 0.125. The third-order valence-corrected chi connectivity index (χ3v) is 9.71. The molecule has 3 heteroatoms. The molecule has 0 radical (unpaired) electrons. The second kappa shape index (κ2) is 31.6. The van der Waals surface area contributed by atoms with Gasteiger partial charge in [0.15, 0.2) is 0 Å². The lowest BCUT2D eigenvalue weighted by atomic mass is 9.83. The largest absolute Gasteiger partial charge is 0.488 e. The Morgan fingerprint density at radius 2 is 0.347 bits per heavy atom. The number of hydrogen-bond acceptors (Lipinski definition) is 3. The van der Waals surface area contributed by atoms with Crippen molar-refractivity contribution in [1.82, 2.24) is 0 Å². The van der Waals surface area contributed by atoms with Crippen LogP contribution in [0.3, 0.4) is 0 Å². The molecule has 0 atom stereocenters. The molecule has 438 valence electrons. The Kier molecular flexibility index (Phi) is 32.1. The van der Waals surface area contributed by atoms with Crippen LogP contribution in [0.25, 0.3) is 0 Å². The molecule has 3 aromatic rings.